The minimum atomic E-state index is -0.0837. The third kappa shape index (κ3) is 2.47. The number of pyridine rings is 1. The van der Waals surface area contributed by atoms with Crippen LogP contribution in [-0.2, 0) is 18.3 Å². The molecule has 0 radical (unpaired) electrons. The minimum Gasteiger partial charge on any atom is -0.343 e. The van der Waals surface area contributed by atoms with Gasteiger partial charge in [-0.05, 0) is 18.2 Å². The molecule has 3 heterocycles. The minimum absolute atomic E-state index is 0.0837. The van der Waals surface area contributed by atoms with Gasteiger partial charge in [-0.3, -0.25) is 9.48 Å². The van der Waals surface area contributed by atoms with Gasteiger partial charge in [-0.25, -0.2) is 4.98 Å². The number of aromatic amines is 1. The second-order valence-corrected chi connectivity index (χ2v) is 4.36. The normalized spacial score (nSPS) is 10.8. The Balaban J connectivity index is 1.72. The van der Waals surface area contributed by atoms with Crippen molar-refractivity contribution in [3.63, 3.8) is 0 Å². The molecule has 0 saturated carbocycles. The lowest BCUT2D eigenvalue weighted by Crippen LogP contribution is -2.14. The molecule has 19 heavy (non-hydrogen) atoms. The van der Waals surface area contributed by atoms with Crippen molar-refractivity contribution in [1.82, 2.24) is 19.7 Å². The van der Waals surface area contributed by atoms with Crippen LogP contribution in [0.1, 0.15) is 5.69 Å². The topological polar surface area (TPSA) is 75.6 Å². The van der Waals surface area contributed by atoms with E-state index >= 15 is 0 Å². The van der Waals surface area contributed by atoms with Gasteiger partial charge in [-0.1, -0.05) is 0 Å². The number of aryl methyl sites for hydroxylation is 1. The van der Waals surface area contributed by atoms with E-state index in [9.17, 15) is 4.79 Å². The Morgan fingerprint density at radius 1 is 1.53 bits per heavy atom. The highest BCUT2D eigenvalue weighted by Gasteiger charge is 2.08. The highest BCUT2D eigenvalue weighted by atomic mass is 16.1. The summed E-state index contributed by atoms with van der Waals surface area (Å²) in [6, 6.07) is 5.77. The summed E-state index contributed by atoms with van der Waals surface area (Å²) in [5.74, 6) is -0.0837. The van der Waals surface area contributed by atoms with E-state index in [1.165, 1.54) is 0 Å². The molecule has 3 aromatic heterocycles. The number of nitrogens with zero attached hydrogens (tertiary/aromatic N) is 3. The number of carbonyl (C=O) groups is 1. The number of hydrogen-bond donors (Lipinski definition) is 2. The number of amides is 1. The maximum Gasteiger partial charge on any atom is 0.230 e. The summed E-state index contributed by atoms with van der Waals surface area (Å²) >= 11 is 0. The number of rotatable bonds is 3. The molecule has 2 N–H and O–H groups in total. The number of aromatic nitrogens is 4. The van der Waals surface area contributed by atoms with Crippen molar-refractivity contribution in [2.45, 2.75) is 6.42 Å². The first-order chi connectivity index (χ1) is 9.20. The van der Waals surface area contributed by atoms with E-state index in [0.29, 0.717) is 5.69 Å². The Morgan fingerprint density at radius 3 is 3.16 bits per heavy atom. The standard InChI is InChI=1S/C13H13N5O/c1-18-8-11(7-15-18)16-12(19)6-10-5-9-3-2-4-14-13(9)17-10/h2-5,7-8H,6H2,1H3,(H,14,17)(H,16,19). The van der Waals surface area contributed by atoms with Gasteiger partial charge in [-0.2, -0.15) is 5.10 Å². The average molecular weight is 255 g/mol. The fraction of sp³-hybridized carbons (Fsp3) is 0.154. The van der Waals surface area contributed by atoms with Crippen molar-refractivity contribution in [2.75, 3.05) is 5.32 Å². The molecule has 0 bridgehead atoms. The number of anilines is 1. The number of carbonyl (C=O) groups excluding carboxylic acids is 1. The summed E-state index contributed by atoms with van der Waals surface area (Å²) in [5.41, 5.74) is 2.34. The summed E-state index contributed by atoms with van der Waals surface area (Å²) in [6.45, 7) is 0. The van der Waals surface area contributed by atoms with Crippen molar-refractivity contribution >= 4 is 22.6 Å². The summed E-state index contributed by atoms with van der Waals surface area (Å²) in [6.07, 6.45) is 5.37. The molecule has 3 rings (SSSR count). The van der Waals surface area contributed by atoms with Crippen LogP contribution >= 0.6 is 0 Å². The number of fused-ring (bicyclic) bond motifs is 1. The molecule has 0 aliphatic heterocycles. The summed E-state index contributed by atoms with van der Waals surface area (Å²) < 4.78 is 1.64. The van der Waals surface area contributed by atoms with Crippen LogP contribution in [-0.4, -0.2) is 25.7 Å². The van der Waals surface area contributed by atoms with Gasteiger partial charge in [0.05, 0.1) is 18.3 Å². The molecule has 0 aliphatic carbocycles. The van der Waals surface area contributed by atoms with Gasteiger partial charge in [0.1, 0.15) is 5.65 Å². The van der Waals surface area contributed by atoms with Gasteiger partial charge in [0, 0.05) is 30.5 Å². The molecule has 3 aromatic rings. The van der Waals surface area contributed by atoms with Gasteiger partial charge in [0.2, 0.25) is 5.91 Å². The van der Waals surface area contributed by atoms with Crippen LogP contribution in [0, 0.1) is 0 Å². The first-order valence-electron chi connectivity index (χ1n) is 5.92. The van der Waals surface area contributed by atoms with Crippen LogP contribution < -0.4 is 5.32 Å². The number of H-pyrrole nitrogens is 1. The Morgan fingerprint density at radius 2 is 2.42 bits per heavy atom. The molecule has 96 valence electrons. The largest absolute Gasteiger partial charge is 0.343 e. The van der Waals surface area contributed by atoms with Gasteiger partial charge >= 0.3 is 0 Å². The van der Waals surface area contributed by atoms with Crippen molar-refractivity contribution < 1.29 is 4.79 Å². The van der Waals surface area contributed by atoms with Crippen LogP contribution in [0.5, 0.6) is 0 Å². The first kappa shape index (κ1) is 11.5. The second kappa shape index (κ2) is 4.56. The quantitative estimate of drug-likeness (QED) is 0.744. The molecular weight excluding hydrogens is 242 g/mol. The lowest BCUT2D eigenvalue weighted by Gasteiger charge is -2.00. The molecule has 0 aliphatic rings. The molecule has 0 fully saturated rings. The fourth-order valence-electron chi connectivity index (χ4n) is 1.97. The Labute approximate surface area is 109 Å². The monoisotopic (exact) mass is 255 g/mol. The predicted molar refractivity (Wildman–Crippen MR) is 71.6 cm³/mol. The van der Waals surface area contributed by atoms with Gasteiger partial charge in [-0.15, -0.1) is 0 Å². The van der Waals surface area contributed by atoms with Crippen LogP contribution in [0.15, 0.2) is 36.8 Å². The molecule has 0 spiro atoms. The summed E-state index contributed by atoms with van der Waals surface area (Å²) in [5, 5.41) is 7.79. The zero-order chi connectivity index (χ0) is 13.2. The molecule has 6 heteroatoms. The molecule has 0 aromatic carbocycles. The van der Waals surface area contributed by atoms with E-state index in [0.717, 1.165) is 16.7 Å². The SMILES string of the molecule is Cn1cc(NC(=O)Cc2cc3cccnc3[nH]2)cn1. The van der Waals surface area contributed by atoms with E-state index in [4.69, 9.17) is 0 Å². The predicted octanol–water partition coefficient (Wildman–Crippen LogP) is 1.48. The molecule has 1 amide bonds. The molecule has 0 unspecified atom stereocenters. The van der Waals surface area contributed by atoms with Crippen molar-refractivity contribution in [3.8, 4) is 0 Å². The second-order valence-electron chi connectivity index (χ2n) is 4.36. The van der Waals surface area contributed by atoms with Crippen molar-refractivity contribution in [3.05, 3.63) is 42.5 Å². The number of hydrogen-bond acceptors (Lipinski definition) is 3. The fourth-order valence-corrected chi connectivity index (χ4v) is 1.97. The van der Waals surface area contributed by atoms with Crippen LogP contribution in [0.4, 0.5) is 5.69 Å². The van der Waals surface area contributed by atoms with E-state index in [1.54, 1.807) is 30.3 Å². The summed E-state index contributed by atoms with van der Waals surface area (Å²) in [7, 11) is 1.80. The van der Waals surface area contributed by atoms with Gasteiger partial charge in [0.25, 0.3) is 0 Å². The number of nitrogens with one attached hydrogen (secondary N) is 2. The van der Waals surface area contributed by atoms with Crippen molar-refractivity contribution in [1.29, 1.82) is 0 Å². The first-order valence-corrected chi connectivity index (χ1v) is 5.92. The summed E-state index contributed by atoms with van der Waals surface area (Å²) in [4.78, 5) is 19.2. The lowest BCUT2D eigenvalue weighted by molar-refractivity contribution is -0.115. The van der Waals surface area contributed by atoms with Crippen LogP contribution in [0.2, 0.25) is 0 Å². The third-order valence-electron chi connectivity index (χ3n) is 2.79. The molecule has 0 saturated heterocycles. The third-order valence-corrected chi connectivity index (χ3v) is 2.79. The Kier molecular flexibility index (Phi) is 2.75. The zero-order valence-electron chi connectivity index (χ0n) is 10.4. The maximum atomic E-state index is 11.9. The van der Waals surface area contributed by atoms with Crippen LogP contribution in [0.3, 0.4) is 0 Å². The molecule has 0 atom stereocenters. The Bertz CT molecular complexity index is 694. The highest BCUT2D eigenvalue weighted by molar-refractivity contribution is 5.92. The van der Waals surface area contributed by atoms with E-state index < -0.39 is 0 Å². The van der Waals surface area contributed by atoms with E-state index in [1.807, 2.05) is 18.2 Å². The Hall–Kier alpha value is -2.63. The molecular formula is C13H13N5O. The average Bonchev–Trinajstić information content (AvgIpc) is 2.94. The molecule has 6 nitrogen and oxygen atoms in total. The van der Waals surface area contributed by atoms with Gasteiger partial charge in [0.15, 0.2) is 0 Å². The van der Waals surface area contributed by atoms with E-state index in [2.05, 4.69) is 20.4 Å². The zero-order valence-corrected chi connectivity index (χ0v) is 10.4. The van der Waals surface area contributed by atoms with Crippen molar-refractivity contribution in [2.24, 2.45) is 7.05 Å². The smallest absolute Gasteiger partial charge is 0.230 e. The highest BCUT2D eigenvalue weighted by Crippen LogP contribution is 2.13. The van der Waals surface area contributed by atoms with Gasteiger partial charge < -0.3 is 10.3 Å². The van der Waals surface area contributed by atoms with Crippen LogP contribution in [0.25, 0.3) is 11.0 Å². The lowest BCUT2D eigenvalue weighted by atomic mass is 10.2. The maximum absolute atomic E-state index is 11.9. The van der Waals surface area contributed by atoms with E-state index in [-0.39, 0.29) is 12.3 Å².